The van der Waals surface area contributed by atoms with E-state index in [1.807, 2.05) is 49.4 Å². The molecule has 3 heterocycles. The second-order valence-corrected chi connectivity index (χ2v) is 6.91. The number of benzene rings is 2. The summed E-state index contributed by atoms with van der Waals surface area (Å²) in [6.45, 7) is 2.44. The van der Waals surface area contributed by atoms with E-state index in [1.54, 1.807) is 17.0 Å². The molecule has 5 rings (SSSR count). The van der Waals surface area contributed by atoms with Crippen LogP contribution in [0.3, 0.4) is 0 Å². The van der Waals surface area contributed by atoms with Crippen LogP contribution >= 0.6 is 11.6 Å². The summed E-state index contributed by atoms with van der Waals surface area (Å²) in [7, 11) is 0. The lowest BCUT2D eigenvalue weighted by Crippen LogP contribution is -1.96. The van der Waals surface area contributed by atoms with Crippen molar-refractivity contribution < 1.29 is 4.74 Å². The number of hydrogen-bond donors (Lipinski definition) is 1. The maximum atomic E-state index is 6.18. The fourth-order valence-electron chi connectivity index (χ4n) is 3.00. The Morgan fingerprint density at radius 1 is 1.14 bits per heavy atom. The smallest absolute Gasteiger partial charge is 0.182 e. The third kappa shape index (κ3) is 2.95. The van der Waals surface area contributed by atoms with Gasteiger partial charge in [0.25, 0.3) is 0 Å². The van der Waals surface area contributed by atoms with Gasteiger partial charge in [-0.15, -0.1) is 5.10 Å². The molecule has 0 aliphatic rings. The molecule has 0 amide bonds. The van der Waals surface area contributed by atoms with E-state index >= 15 is 0 Å². The van der Waals surface area contributed by atoms with Crippen LogP contribution in [0.15, 0.2) is 55.0 Å². The number of aromatic amines is 1. The SMILES string of the molecule is Cc1ccc(Cl)c(OCc2ccc(-c3nc4c5cn[nH]c5ncn4n3)cc2)c1. The van der Waals surface area contributed by atoms with Gasteiger partial charge in [-0.3, -0.25) is 5.10 Å². The molecule has 0 aliphatic heterocycles. The average Bonchev–Trinajstić information content (AvgIpc) is 3.35. The summed E-state index contributed by atoms with van der Waals surface area (Å²) in [6.07, 6.45) is 3.33. The summed E-state index contributed by atoms with van der Waals surface area (Å²) in [6, 6.07) is 13.7. The predicted octanol–water partition coefficient (Wildman–Crippen LogP) is 4.21. The van der Waals surface area contributed by atoms with Crippen molar-refractivity contribution in [2.24, 2.45) is 0 Å². The van der Waals surface area contributed by atoms with E-state index in [0.717, 1.165) is 27.7 Å². The van der Waals surface area contributed by atoms with Gasteiger partial charge >= 0.3 is 0 Å². The largest absolute Gasteiger partial charge is 0.487 e. The molecule has 2 aromatic carbocycles. The number of fused-ring (bicyclic) bond motifs is 3. The molecule has 1 N–H and O–H groups in total. The Labute approximate surface area is 165 Å². The van der Waals surface area contributed by atoms with Gasteiger partial charge in [-0.05, 0) is 30.2 Å². The second-order valence-electron chi connectivity index (χ2n) is 6.50. The standard InChI is InChI=1S/C20H15ClN6O/c1-12-2-7-16(21)17(8-12)28-10-13-3-5-14(6-4-13)18-24-20-15-9-23-25-19(15)22-11-27(20)26-18/h2-9,11H,10H2,1H3,(H,23,25). The zero-order valence-corrected chi connectivity index (χ0v) is 15.7. The minimum Gasteiger partial charge on any atom is -0.487 e. The van der Waals surface area contributed by atoms with Gasteiger partial charge in [0, 0.05) is 5.56 Å². The molecule has 28 heavy (non-hydrogen) atoms. The van der Waals surface area contributed by atoms with Crippen molar-refractivity contribution >= 4 is 28.3 Å². The molecular formula is C20H15ClN6O. The monoisotopic (exact) mass is 390 g/mol. The van der Waals surface area contributed by atoms with Crippen LogP contribution in [0.2, 0.25) is 5.02 Å². The van der Waals surface area contributed by atoms with Crippen molar-refractivity contribution in [1.82, 2.24) is 29.8 Å². The molecule has 7 nitrogen and oxygen atoms in total. The van der Waals surface area contributed by atoms with E-state index in [2.05, 4.69) is 25.3 Å². The number of hydrogen-bond acceptors (Lipinski definition) is 5. The summed E-state index contributed by atoms with van der Waals surface area (Å²) >= 11 is 6.18. The van der Waals surface area contributed by atoms with Crippen molar-refractivity contribution in [2.75, 3.05) is 0 Å². The first-order chi connectivity index (χ1) is 13.7. The van der Waals surface area contributed by atoms with Crippen LogP contribution in [0.5, 0.6) is 5.75 Å². The van der Waals surface area contributed by atoms with E-state index in [1.165, 1.54) is 0 Å². The van der Waals surface area contributed by atoms with Gasteiger partial charge in [-0.1, -0.05) is 41.9 Å². The number of halogens is 1. The maximum absolute atomic E-state index is 6.18. The summed E-state index contributed by atoms with van der Waals surface area (Å²) in [4.78, 5) is 8.90. The van der Waals surface area contributed by atoms with Crippen LogP contribution in [0.25, 0.3) is 28.1 Å². The molecule has 0 fully saturated rings. The van der Waals surface area contributed by atoms with Crippen molar-refractivity contribution in [1.29, 1.82) is 0 Å². The average molecular weight is 391 g/mol. The predicted molar refractivity (Wildman–Crippen MR) is 106 cm³/mol. The summed E-state index contributed by atoms with van der Waals surface area (Å²) in [5.74, 6) is 1.31. The molecule has 0 saturated carbocycles. The summed E-state index contributed by atoms with van der Waals surface area (Å²) in [5.41, 5.74) is 4.46. The van der Waals surface area contributed by atoms with Gasteiger partial charge in [-0.2, -0.15) is 5.10 Å². The van der Waals surface area contributed by atoms with Crippen molar-refractivity contribution in [3.63, 3.8) is 0 Å². The Morgan fingerprint density at radius 3 is 2.86 bits per heavy atom. The van der Waals surface area contributed by atoms with Gasteiger partial charge < -0.3 is 4.74 Å². The molecule has 3 aromatic heterocycles. The summed E-state index contributed by atoms with van der Waals surface area (Å²) in [5, 5.41) is 12.8. The van der Waals surface area contributed by atoms with Crippen molar-refractivity contribution in [3.05, 3.63) is 71.1 Å². The number of H-pyrrole nitrogens is 1. The van der Waals surface area contributed by atoms with Crippen LogP contribution in [0.1, 0.15) is 11.1 Å². The number of nitrogens with one attached hydrogen (secondary N) is 1. The first kappa shape index (κ1) is 16.7. The van der Waals surface area contributed by atoms with Crippen LogP contribution in [-0.4, -0.2) is 29.8 Å². The lowest BCUT2D eigenvalue weighted by molar-refractivity contribution is 0.306. The Balaban J connectivity index is 1.39. The van der Waals surface area contributed by atoms with E-state index in [-0.39, 0.29) is 0 Å². The molecule has 8 heteroatoms. The Morgan fingerprint density at radius 2 is 2.00 bits per heavy atom. The van der Waals surface area contributed by atoms with E-state index in [9.17, 15) is 0 Å². The fourth-order valence-corrected chi connectivity index (χ4v) is 3.17. The molecule has 0 aliphatic carbocycles. The molecular weight excluding hydrogens is 376 g/mol. The molecule has 0 unspecified atom stereocenters. The highest BCUT2D eigenvalue weighted by Gasteiger charge is 2.11. The van der Waals surface area contributed by atoms with Crippen LogP contribution in [-0.2, 0) is 6.61 Å². The highest BCUT2D eigenvalue weighted by molar-refractivity contribution is 6.32. The van der Waals surface area contributed by atoms with Gasteiger partial charge in [0.05, 0.1) is 16.6 Å². The first-order valence-corrected chi connectivity index (χ1v) is 9.08. The van der Waals surface area contributed by atoms with Crippen LogP contribution in [0, 0.1) is 6.92 Å². The van der Waals surface area contributed by atoms with Gasteiger partial charge in [0.15, 0.2) is 17.1 Å². The molecule has 0 spiro atoms. The van der Waals surface area contributed by atoms with Gasteiger partial charge in [0.2, 0.25) is 0 Å². The first-order valence-electron chi connectivity index (χ1n) is 8.70. The minimum atomic E-state index is 0.432. The molecule has 0 bridgehead atoms. The molecule has 0 radical (unpaired) electrons. The fraction of sp³-hybridized carbons (Fsp3) is 0.100. The van der Waals surface area contributed by atoms with E-state index < -0.39 is 0 Å². The van der Waals surface area contributed by atoms with Gasteiger partial charge in [-0.25, -0.2) is 14.5 Å². The van der Waals surface area contributed by atoms with E-state index in [4.69, 9.17) is 16.3 Å². The molecule has 5 aromatic rings. The highest BCUT2D eigenvalue weighted by Crippen LogP contribution is 2.26. The topological polar surface area (TPSA) is 81.0 Å². The highest BCUT2D eigenvalue weighted by atomic mass is 35.5. The molecule has 0 saturated heterocycles. The summed E-state index contributed by atoms with van der Waals surface area (Å²) < 4.78 is 7.51. The van der Waals surface area contributed by atoms with Crippen molar-refractivity contribution in [3.8, 4) is 17.1 Å². The zero-order chi connectivity index (χ0) is 19.1. The maximum Gasteiger partial charge on any atom is 0.182 e. The van der Waals surface area contributed by atoms with Crippen molar-refractivity contribution in [2.45, 2.75) is 13.5 Å². The Kier molecular flexibility index (Phi) is 3.95. The normalized spacial score (nSPS) is 11.4. The van der Waals surface area contributed by atoms with Gasteiger partial charge in [0.1, 0.15) is 18.7 Å². The van der Waals surface area contributed by atoms with Crippen LogP contribution in [0.4, 0.5) is 0 Å². The lowest BCUT2D eigenvalue weighted by atomic mass is 10.1. The number of nitrogens with zero attached hydrogens (tertiary/aromatic N) is 5. The number of aromatic nitrogens is 6. The minimum absolute atomic E-state index is 0.432. The Bertz CT molecular complexity index is 1290. The molecule has 138 valence electrons. The second kappa shape index (κ2) is 6.61. The quantitative estimate of drug-likeness (QED) is 0.497. The third-order valence-corrected chi connectivity index (χ3v) is 4.79. The van der Waals surface area contributed by atoms with Crippen LogP contribution < -0.4 is 4.74 Å². The lowest BCUT2D eigenvalue weighted by Gasteiger charge is -2.09. The van der Waals surface area contributed by atoms with E-state index in [0.29, 0.717) is 28.9 Å². The molecule has 0 atom stereocenters. The zero-order valence-electron chi connectivity index (χ0n) is 14.9. The number of aryl methyl sites for hydroxylation is 1. The Hall–Kier alpha value is -3.45. The number of rotatable bonds is 4. The third-order valence-electron chi connectivity index (χ3n) is 4.48. The number of ether oxygens (including phenoxy) is 1.